The third-order valence-electron chi connectivity index (χ3n) is 4.27. The van der Waals surface area contributed by atoms with Crippen molar-refractivity contribution in [2.24, 2.45) is 4.99 Å². The van der Waals surface area contributed by atoms with E-state index in [4.69, 9.17) is 9.47 Å². The van der Waals surface area contributed by atoms with Crippen LogP contribution in [0, 0.1) is 0 Å². The number of fused-ring (bicyclic) bond motifs is 1. The highest BCUT2D eigenvalue weighted by Crippen LogP contribution is 2.20. The summed E-state index contributed by atoms with van der Waals surface area (Å²) in [5, 5.41) is 4.16. The van der Waals surface area contributed by atoms with Crippen LogP contribution in [0.25, 0.3) is 10.2 Å². The maximum atomic E-state index is 12.8. The molecular formula is C20H22N4O5S. The number of amides is 1. The molecule has 1 aromatic carbocycles. The first kappa shape index (κ1) is 21.4. The molecule has 0 aliphatic carbocycles. The van der Waals surface area contributed by atoms with Crippen LogP contribution in [0.2, 0.25) is 0 Å². The van der Waals surface area contributed by atoms with Gasteiger partial charge < -0.3 is 14.0 Å². The van der Waals surface area contributed by atoms with Crippen LogP contribution in [0.5, 0.6) is 0 Å². The Morgan fingerprint density at radius 3 is 2.67 bits per heavy atom. The normalized spacial score (nSPS) is 11.8. The van der Waals surface area contributed by atoms with E-state index in [-0.39, 0.29) is 19.2 Å². The van der Waals surface area contributed by atoms with Gasteiger partial charge >= 0.3 is 11.9 Å². The third-order valence-corrected chi connectivity index (χ3v) is 5.31. The van der Waals surface area contributed by atoms with Crippen molar-refractivity contribution in [2.75, 3.05) is 13.7 Å². The van der Waals surface area contributed by atoms with Crippen LogP contribution in [-0.4, -0.2) is 45.9 Å². The Morgan fingerprint density at radius 1 is 1.23 bits per heavy atom. The minimum atomic E-state index is -0.474. The monoisotopic (exact) mass is 430 g/mol. The lowest BCUT2D eigenvalue weighted by Crippen LogP contribution is -2.23. The van der Waals surface area contributed by atoms with E-state index in [1.807, 2.05) is 13.8 Å². The van der Waals surface area contributed by atoms with Crippen molar-refractivity contribution in [3.05, 3.63) is 46.5 Å². The maximum absolute atomic E-state index is 12.8. The summed E-state index contributed by atoms with van der Waals surface area (Å²) in [6.45, 7) is 5.68. The van der Waals surface area contributed by atoms with Crippen molar-refractivity contribution < 1.29 is 23.9 Å². The summed E-state index contributed by atoms with van der Waals surface area (Å²) >= 11 is 1.20. The molecule has 30 heavy (non-hydrogen) atoms. The molecule has 0 saturated heterocycles. The van der Waals surface area contributed by atoms with Gasteiger partial charge in [-0.3, -0.25) is 14.3 Å². The van der Waals surface area contributed by atoms with Gasteiger partial charge in [0.25, 0.3) is 5.91 Å². The first-order chi connectivity index (χ1) is 14.3. The number of aromatic nitrogens is 3. The summed E-state index contributed by atoms with van der Waals surface area (Å²) in [4.78, 5) is 41.4. The molecule has 0 aliphatic rings. The van der Waals surface area contributed by atoms with Crippen molar-refractivity contribution in [1.29, 1.82) is 0 Å². The average Bonchev–Trinajstić information content (AvgIpc) is 3.33. The molecule has 3 rings (SSSR count). The van der Waals surface area contributed by atoms with Gasteiger partial charge in [-0.2, -0.15) is 10.1 Å². The zero-order valence-electron chi connectivity index (χ0n) is 17.1. The summed E-state index contributed by atoms with van der Waals surface area (Å²) < 4.78 is 13.7. The second kappa shape index (κ2) is 9.04. The molecule has 0 spiro atoms. The van der Waals surface area contributed by atoms with Crippen molar-refractivity contribution in [3.63, 3.8) is 0 Å². The fourth-order valence-electron chi connectivity index (χ4n) is 2.93. The summed E-state index contributed by atoms with van der Waals surface area (Å²) in [5.41, 5.74) is 1.37. The number of carbonyl (C=O) groups excluding carboxylic acids is 3. The van der Waals surface area contributed by atoms with Crippen LogP contribution in [-0.2, 0) is 20.8 Å². The molecule has 0 radical (unpaired) electrons. The van der Waals surface area contributed by atoms with Gasteiger partial charge in [-0.25, -0.2) is 4.79 Å². The molecule has 0 bridgehead atoms. The second-order valence-corrected chi connectivity index (χ2v) is 7.63. The Bertz CT molecular complexity index is 1170. The van der Waals surface area contributed by atoms with E-state index in [1.54, 1.807) is 46.6 Å². The molecule has 0 unspecified atom stereocenters. The van der Waals surface area contributed by atoms with Crippen LogP contribution < -0.4 is 4.80 Å². The molecule has 2 aromatic heterocycles. The van der Waals surface area contributed by atoms with E-state index >= 15 is 0 Å². The lowest BCUT2D eigenvalue weighted by Gasteiger charge is -2.08. The molecule has 0 atom stereocenters. The molecule has 10 heteroatoms. The number of thiazole rings is 1. The number of hydrogen-bond acceptors (Lipinski definition) is 7. The summed E-state index contributed by atoms with van der Waals surface area (Å²) in [5.74, 6) is -1.40. The highest BCUT2D eigenvalue weighted by atomic mass is 32.1. The van der Waals surface area contributed by atoms with Crippen LogP contribution >= 0.6 is 11.3 Å². The van der Waals surface area contributed by atoms with Gasteiger partial charge in [-0.15, -0.1) is 0 Å². The quantitative estimate of drug-likeness (QED) is 0.557. The van der Waals surface area contributed by atoms with Crippen molar-refractivity contribution >= 4 is 39.4 Å². The number of esters is 2. The van der Waals surface area contributed by atoms with Gasteiger partial charge in [0.15, 0.2) is 4.80 Å². The number of hydrogen-bond donors (Lipinski definition) is 0. The lowest BCUT2D eigenvalue weighted by atomic mass is 10.2. The molecule has 158 valence electrons. The summed E-state index contributed by atoms with van der Waals surface area (Å²) in [6.07, 6.45) is 1.54. The Kier molecular flexibility index (Phi) is 6.46. The number of carbonyl (C=O) groups is 3. The van der Waals surface area contributed by atoms with Crippen molar-refractivity contribution in [2.45, 2.75) is 33.4 Å². The Balaban J connectivity index is 2.14. The van der Waals surface area contributed by atoms with E-state index in [1.165, 1.54) is 18.4 Å². The molecule has 0 saturated carbocycles. The van der Waals surface area contributed by atoms with Crippen LogP contribution in [0.1, 0.15) is 47.7 Å². The van der Waals surface area contributed by atoms with E-state index < -0.39 is 17.8 Å². The summed E-state index contributed by atoms with van der Waals surface area (Å²) in [7, 11) is 1.30. The van der Waals surface area contributed by atoms with Crippen LogP contribution in [0.3, 0.4) is 0 Å². The fraction of sp³-hybridized carbons (Fsp3) is 0.350. The number of rotatable bonds is 6. The van der Waals surface area contributed by atoms with Gasteiger partial charge in [0, 0.05) is 12.2 Å². The first-order valence-electron chi connectivity index (χ1n) is 9.35. The molecule has 9 nitrogen and oxygen atoms in total. The Hall–Kier alpha value is -3.27. The van der Waals surface area contributed by atoms with Crippen LogP contribution in [0.4, 0.5) is 0 Å². The molecule has 3 aromatic rings. The topological polar surface area (TPSA) is 105 Å². The van der Waals surface area contributed by atoms with Crippen molar-refractivity contribution in [1.82, 2.24) is 14.3 Å². The Labute approximate surface area is 176 Å². The number of nitrogens with zero attached hydrogens (tertiary/aromatic N) is 4. The average molecular weight is 430 g/mol. The standard InChI is InChI=1S/C20H22N4O5S/c1-5-29-17(25)11-23-14-7-6-13(19(27)28-4)10-16(14)30-20(23)22-18(26)15-8-9-21-24(15)12(2)3/h6-10,12H,5,11H2,1-4H3. The zero-order valence-corrected chi connectivity index (χ0v) is 17.9. The molecular weight excluding hydrogens is 408 g/mol. The Morgan fingerprint density at radius 2 is 2.00 bits per heavy atom. The smallest absolute Gasteiger partial charge is 0.337 e. The SMILES string of the molecule is CCOC(=O)Cn1c(=NC(=O)c2ccnn2C(C)C)sc2cc(C(=O)OC)ccc21. The largest absolute Gasteiger partial charge is 0.465 e. The number of benzene rings is 1. The van der Waals surface area contributed by atoms with Crippen LogP contribution in [0.15, 0.2) is 35.5 Å². The fourth-order valence-corrected chi connectivity index (χ4v) is 4.00. The maximum Gasteiger partial charge on any atom is 0.337 e. The molecule has 0 fully saturated rings. The molecule has 0 N–H and O–H groups in total. The number of methoxy groups -OCH3 is 1. The molecule has 0 aliphatic heterocycles. The van der Waals surface area contributed by atoms with Gasteiger partial charge in [0.1, 0.15) is 12.2 Å². The minimum Gasteiger partial charge on any atom is -0.465 e. The van der Waals surface area contributed by atoms with Crippen molar-refractivity contribution in [3.8, 4) is 0 Å². The van der Waals surface area contributed by atoms with Gasteiger partial charge in [-0.05, 0) is 45.0 Å². The van der Waals surface area contributed by atoms with E-state index in [0.717, 1.165) is 0 Å². The van der Waals surface area contributed by atoms with E-state index in [0.29, 0.717) is 26.3 Å². The summed E-state index contributed by atoms with van der Waals surface area (Å²) in [6, 6.07) is 6.53. The molecule has 2 heterocycles. The predicted octanol–water partition coefficient (Wildman–Crippen LogP) is 2.57. The van der Waals surface area contributed by atoms with Gasteiger partial charge in [-0.1, -0.05) is 11.3 Å². The molecule has 1 amide bonds. The second-order valence-electron chi connectivity index (χ2n) is 6.62. The highest BCUT2D eigenvalue weighted by Gasteiger charge is 2.17. The zero-order chi connectivity index (χ0) is 21.8. The third kappa shape index (κ3) is 4.33. The predicted molar refractivity (Wildman–Crippen MR) is 110 cm³/mol. The minimum absolute atomic E-state index is 0.00849. The first-order valence-corrected chi connectivity index (χ1v) is 10.2. The highest BCUT2D eigenvalue weighted by molar-refractivity contribution is 7.16. The lowest BCUT2D eigenvalue weighted by molar-refractivity contribution is -0.143. The number of ether oxygens (including phenoxy) is 2. The van der Waals surface area contributed by atoms with E-state index in [9.17, 15) is 14.4 Å². The van der Waals surface area contributed by atoms with Gasteiger partial charge in [0.2, 0.25) is 0 Å². The van der Waals surface area contributed by atoms with Gasteiger partial charge in [0.05, 0.1) is 29.5 Å². The van der Waals surface area contributed by atoms with E-state index in [2.05, 4.69) is 10.1 Å².